The van der Waals surface area contributed by atoms with E-state index in [9.17, 15) is 4.79 Å². The summed E-state index contributed by atoms with van der Waals surface area (Å²) in [5.41, 5.74) is 2.42. The number of carbonyl (C=O) groups excluding carboxylic acids is 1. The van der Waals surface area contributed by atoms with E-state index in [4.69, 9.17) is 0 Å². The van der Waals surface area contributed by atoms with Crippen LogP contribution in [0.4, 0.5) is 11.6 Å². The molecule has 0 saturated carbocycles. The van der Waals surface area contributed by atoms with Crippen LogP contribution in [0.15, 0.2) is 73.4 Å². The van der Waals surface area contributed by atoms with Crippen LogP contribution in [0.25, 0.3) is 5.65 Å². The summed E-state index contributed by atoms with van der Waals surface area (Å²) in [5, 5.41) is 6.14. The van der Waals surface area contributed by atoms with Crippen LogP contribution in [0.2, 0.25) is 0 Å². The highest BCUT2D eigenvalue weighted by Gasteiger charge is 2.11. The summed E-state index contributed by atoms with van der Waals surface area (Å²) >= 11 is 0. The Balaban J connectivity index is 1.52. The Morgan fingerprint density at radius 2 is 1.96 bits per heavy atom. The van der Waals surface area contributed by atoms with Gasteiger partial charge in [0.25, 0.3) is 5.91 Å². The van der Waals surface area contributed by atoms with Crippen molar-refractivity contribution in [2.75, 3.05) is 17.2 Å². The first-order chi connectivity index (χ1) is 13.3. The Labute approximate surface area is 156 Å². The van der Waals surface area contributed by atoms with E-state index >= 15 is 0 Å². The second kappa shape index (κ2) is 7.65. The molecule has 3 aromatic heterocycles. The van der Waals surface area contributed by atoms with E-state index in [2.05, 4.69) is 25.6 Å². The molecule has 0 aliphatic heterocycles. The molecule has 4 rings (SSSR count). The molecule has 0 aliphatic carbocycles. The van der Waals surface area contributed by atoms with Crippen LogP contribution in [-0.4, -0.2) is 31.8 Å². The zero-order valence-corrected chi connectivity index (χ0v) is 14.5. The van der Waals surface area contributed by atoms with Crippen LogP contribution in [0.1, 0.15) is 15.9 Å². The maximum Gasteiger partial charge on any atom is 0.256 e. The SMILES string of the molecule is O=C(Nc1cn2ccnc2c(NCCc2cccnc2)n1)c1ccccc1. The van der Waals surface area contributed by atoms with E-state index in [0.29, 0.717) is 29.4 Å². The molecule has 27 heavy (non-hydrogen) atoms. The third-order valence-corrected chi connectivity index (χ3v) is 4.08. The molecule has 1 aromatic carbocycles. The molecule has 0 radical (unpaired) electrons. The summed E-state index contributed by atoms with van der Waals surface area (Å²) in [6.45, 7) is 0.678. The fourth-order valence-corrected chi connectivity index (χ4v) is 2.76. The summed E-state index contributed by atoms with van der Waals surface area (Å²) in [6.07, 6.45) is 9.67. The first-order valence-corrected chi connectivity index (χ1v) is 8.62. The van der Waals surface area contributed by atoms with E-state index in [0.717, 1.165) is 12.0 Å². The molecule has 0 saturated heterocycles. The predicted octanol–water partition coefficient (Wildman–Crippen LogP) is 3.03. The molecule has 3 heterocycles. The fraction of sp³-hybridized carbons (Fsp3) is 0.100. The molecule has 0 bridgehead atoms. The maximum atomic E-state index is 12.4. The fourth-order valence-electron chi connectivity index (χ4n) is 2.76. The number of hydrogen-bond donors (Lipinski definition) is 2. The first kappa shape index (κ1) is 16.7. The van der Waals surface area contributed by atoms with Gasteiger partial charge in [0.2, 0.25) is 0 Å². The zero-order chi connectivity index (χ0) is 18.5. The number of rotatable bonds is 6. The van der Waals surface area contributed by atoms with Crippen molar-refractivity contribution in [2.24, 2.45) is 0 Å². The van der Waals surface area contributed by atoms with Crippen molar-refractivity contribution >= 4 is 23.2 Å². The Hall–Kier alpha value is -3.74. The largest absolute Gasteiger partial charge is 0.367 e. The Morgan fingerprint density at radius 1 is 1.07 bits per heavy atom. The Bertz CT molecular complexity index is 1050. The smallest absolute Gasteiger partial charge is 0.256 e. The third kappa shape index (κ3) is 3.92. The lowest BCUT2D eigenvalue weighted by Crippen LogP contribution is -2.15. The van der Waals surface area contributed by atoms with Gasteiger partial charge in [-0.1, -0.05) is 24.3 Å². The Kier molecular flexibility index (Phi) is 4.74. The standard InChI is InChI=1S/C20H18N6O/c27-20(16-6-2-1-3-7-16)25-17-14-26-12-11-23-19(26)18(24-17)22-10-8-15-5-4-9-21-13-15/h1-7,9,11-14H,8,10H2,(H,22,24)(H,25,27). The Morgan fingerprint density at radius 3 is 2.78 bits per heavy atom. The molecule has 1 amide bonds. The van der Waals surface area contributed by atoms with Crippen molar-refractivity contribution in [1.29, 1.82) is 0 Å². The number of aromatic nitrogens is 4. The maximum absolute atomic E-state index is 12.4. The minimum absolute atomic E-state index is 0.205. The number of nitrogens with one attached hydrogen (secondary N) is 2. The van der Waals surface area contributed by atoms with Crippen molar-refractivity contribution < 1.29 is 4.79 Å². The van der Waals surface area contributed by atoms with Crippen molar-refractivity contribution in [3.8, 4) is 0 Å². The molecule has 0 aliphatic rings. The second-order valence-electron chi connectivity index (χ2n) is 5.99. The lowest BCUT2D eigenvalue weighted by molar-refractivity contribution is 0.102. The normalized spacial score (nSPS) is 10.7. The quantitative estimate of drug-likeness (QED) is 0.553. The molecule has 2 N–H and O–H groups in total. The van der Waals surface area contributed by atoms with Gasteiger partial charge in [-0.25, -0.2) is 9.97 Å². The van der Waals surface area contributed by atoms with Crippen LogP contribution >= 0.6 is 0 Å². The summed E-state index contributed by atoms with van der Waals surface area (Å²) in [4.78, 5) is 25.4. The summed E-state index contributed by atoms with van der Waals surface area (Å²) in [5.74, 6) is 0.872. The van der Waals surface area contributed by atoms with Crippen LogP contribution in [0.5, 0.6) is 0 Å². The topological polar surface area (TPSA) is 84.2 Å². The molecule has 134 valence electrons. The lowest BCUT2D eigenvalue weighted by atomic mass is 10.2. The molecular weight excluding hydrogens is 340 g/mol. The molecule has 4 aromatic rings. The summed E-state index contributed by atoms with van der Waals surface area (Å²) < 4.78 is 1.83. The van der Waals surface area contributed by atoms with E-state index in [1.165, 1.54) is 0 Å². The highest BCUT2D eigenvalue weighted by molar-refractivity contribution is 6.03. The van der Waals surface area contributed by atoms with Crippen molar-refractivity contribution in [1.82, 2.24) is 19.4 Å². The number of pyridine rings is 1. The zero-order valence-electron chi connectivity index (χ0n) is 14.5. The van der Waals surface area contributed by atoms with Gasteiger partial charge in [-0.15, -0.1) is 0 Å². The highest BCUT2D eigenvalue weighted by atomic mass is 16.1. The first-order valence-electron chi connectivity index (χ1n) is 8.62. The van der Waals surface area contributed by atoms with Gasteiger partial charge >= 0.3 is 0 Å². The van der Waals surface area contributed by atoms with Crippen LogP contribution in [0.3, 0.4) is 0 Å². The average Bonchev–Trinajstić information content (AvgIpc) is 3.18. The van der Waals surface area contributed by atoms with Gasteiger partial charge in [-0.2, -0.15) is 0 Å². The van der Waals surface area contributed by atoms with Crippen LogP contribution in [0, 0.1) is 0 Å². The van der Waals surface area contributed by atoms with Crippen molar-refractivity contribution in [2.45, 2.75) is 6.42 Å². The average molecular weight is 358 g/mol. The lowest BCUT2D eigenvalue weighted by Gasteiger charge is -2.10. The number of hydrogen-bond acceptors (Lipinski definition) is 5. The summed E-state index contributed by atoms with van der Waals surface area (Å²) in [6, 6.07) is 13.0. The van der Waals surface area contributed by atoms with E-state index in [1.807, 2.05) is 47.1 Å². The molecule has 0 atom stereocenters. The molecule has 0 fully saturated rings. The van der Waals surface area contributed by atoms with Crippen molar-refractivity contribution in [3.63, 3.8) is 0 Å². The van der Waals surface area contributed by atoms with Crippen LogP contribution in [-0.2, 0) is 6.42 Å². The molecule has 0 spiro atoms. The van der Waals surface area contributed by atoms with Gasteiger partial charge in [0, 0.05) is 36.9 Å². The van der Waals surface area contributed by atoms with Gasteiger partial charge in [0.15, 0.2) is 17.3 Å². The second-order valence-corrected chi connectivity index (χ2v) is 5.99. The number of nitrogens with zero attached hydrogens (tertiary/aromatic N) is 4. The van der Waals surface area contributed by atoms with Gasteiger partial charge < -0.3 is 15.0 Å². The molecule has 0 unspecified atom stereocenters. The minimum Gasteiger partial charge on any atom is -0.367 e. The number of fused-ring (bicyclic) bond motifs is 1. The molecule has 7 heteroatoms. The summed E-state index contributed by atoms with van der Waals surface area (Å²) in [7, 11) is 0. The number of amides is 1. The van der Waals surface area contributed by atoms with E-state index in [1.54, 1.807) is 30.7 Å². The van der Waals surface area contributed by atoms with Gasteiger partial charge in [0.05, 0.1) is 6.20 Å². The highest BCUT2D eigenvalue weighted by Crippen LogP contribution is 2.17. The van der Waals surface area contributed by atoms with Gasteiger partial charge in [0.1, 0.15) is 0 Å². The monoisotopic (exact) mass is 358 g/mol. The number of imidazole rings is 1. The number of anilines is 2. The molecular formula is C20H18N6O. The third-order valence-electron chi connectivity index (χ3n) is 4.08. The van der Waals surface area contributed by atoms with E-state index < -0.39 is 0 Å². The van der Waals surface area contributed by atoms with Gasteiger partial charge in [-0.05, 0) is 30.2 Å². The van der Waals surface area contributed by atoms with Crippen molar-refractivity contribution in [3.05, 3.63) is 84.6 Å². The number of carbonyl (C=O) groups is 1. The predicted molar refractivity (Wildman–Crippen MR) is 104 cm³/mol. The minimum atomic E-state index is -0.205. The van der Waals surface area contributed by atoms with Crippen LogP contribution < -0.4 is 10.6 Å². The molecule has 7 nitrogen and oxygen atoms in total. The number of benzene rings is 1. The van der Waals surface area contributed by atoms with E-state index in [-0.39, 0.29) is 5.91 Å². The van der Waals surface area contributed by atoms with Gasteiger partial charge in [-0.3, -0.25) is 9.78 Å².